The number of phenolic OH excluding ortho intramolecular Hbond substituents is 1. The van der Waals surface area contributed by atoms with Gasteiger partial charge in [-0.1, -0.05) is 239 Å². The Labute approximate surface area is 324 Å². The monoisotopic (exact) mass is 749 g/mol. The zero-order valence-corrected chi connectivity index (χ0v) is 36.0. The van der Waals surface area contributed by atoms with Gasteiger partial charge in [0.05, 0.1) is 5.16 Å². The van der Waals surface area contributed by atoms with E-state index in [9.17, 15) is 19.5 Å². The molecule has 0 aliphatic rings. The molecule has 0 heterocycles. The maximum atomic E-state index is 13.4. The van der Waals surface area contributed by atoms with Crippen molar-refractivity contribution in [3.63, 3.8) is 0 Å². The van der Waals surface area contributed by atoms with E-state index in [0.29, 0.717) is 12.8 Å². The molecule has 0 aliphatic carbocycles. The summed E-state index contributed by atoms with van der Waals surface area (Å²) in [5.74, 6) is 0.202. The normalized spacial score (nSPS) is 13.2. The number of hydrogen-bond donors (Lipinski definition) is 3. The zero-order valence-electron chi connectivity index (χ0n) is 35.1. The highest BCUT2D eigenvalue weighted by molar-refractivity contribution is 7.53. The van der Waals surface area contributed by atoms with Crippen molar-refractivity contribution in [1.82, 2.24) is 0 Å². The second kappa shape index (κ2) is 33.5. The third-order valence-electron chi connectivity index (χ3n) is 11.8. The molecule has 0 bridgehead atoms. The molecule has 0 aromatic heterocycles. The van der Waals surface area contributed by atoms with E-state index >= 15 is 0 Å². The molecule has 0 spiro atoms. The average Bonchev–Trinajstić information content (AvgIpc) is 3.12. The van der Waals surface area contributed by atoms with Crippen molar-refractivity contribution in [3.05, 3.63) is 29.3 Å². The van der Waals surface area contributed by atoms with Gasteiger partial charge in [0.25, 0.3) is 0 Å². The van der Waals surface area contributed by atoms with Crippen LogP contribution in [0.25, 0.3) is 0 Å². The molecule has 1 aromatic rings. The van der Waals surface area contributed by atoms with Crippen molar-refractivity contribution in [2.24, 2.45) is 0 Å². The van der Waals surface area contributed by atoms with Crippen molar-refractivity contribution >= 4 is 7.60 Å². The summed E-state index contributed by atoms with van der Waals surface area (Å²) in [6.45, 7) is 6.67. The van der Waals surface area contributed by atoms with Gasteiger partial charge in [-0.2, -0.15) is 0 Å². The van der Waals surface area contributed by atoms with E-state index < -0.39 is 12.8 Å². The molecule has 0 amide bonds. The van der Waals surface area contributed by atoms with E-state index in [1.165, 1.54) is 173 Å². The number of benzene rings is 1. The highest BCUT2D eigenvalue weighted by atomic mass is 31.2. The topological polar surface area (TPSA) is 77.8 Å². The highest BCUT2D eigenvalue weighted by Crippen LogP contribution is 2.63. The van der Waals surface area contributed by atoms with E-state index in [4.69, 9.17) is 0 Å². The average molecular weight is 749 g/mol. The Hall–Kier alpha value is -0.830. The van der Waals surface area contributed by atoms with Crippen molar-refractivity contribution in [3.8, 4) is 5.75 Å². The first-order chi connectivity index (χ1) is 25.3. The number of phenols is 1. The highest BCUT2D eigenvalue weighted by Gasteiger charge is 2.48. The number of aromatic hydroxyl groups is 1. The van der Waals surface area contributed by atoms with Gasteiger partial charge in [-0.25, -0.2) is 0 Å². The van der Waals surface area contributed by atoms with Gasteiger partial charge in [-0.3, -0.25) is 4.57 Å². The molecule has 1 rings (SSSR count). The number of rotatable bonds is 39. The Morgan fingerprint density at radius 1 is 0.442 bits per heavy atom. The van der Waals surface area contributed by atoms with Gasteiger partial charge in [0.15, 0.2) is 0 Å². The molecular weight excluding hydrogens is 659 g/mol. The first-order valence-corrected chi connectivity index (χ1v) is 24.8. The van der Waals surface area contributed by atoms with Crippen LogP contribution in [0, 0.1) is 0 Å². The minimum Gasteiger partial charge on any atom is -0.508 e. The van der Waals surface area contributed by atoms with Crippen molar-refractivity contribution in [2.45, 2.75) is 263 Å². The molecule has 0 radical (unpaired) electrons. The summed E-state index contributed by atoms with van der Waals surface area (Å²) >= 11 is 0. The smallest absolute Gasteiger partial charge is 0.336 e. The molecule has 4 nitrogen and oxygen atoms in total. The number of aryl methyl sites for hydroxylation is 1. The quantitative estimate of drug-likeness (QED) is 0.0463. The van der Waals surface area contributed by atoms with E-state index in [2.05, 4.69) is 20.8 Å². The summed E-state index contributed by atoms with van der Waals surface area (Å²) in [5, 5.41) is 9.29. The zero-order chi connectivity index (χ0) is 38.0. The third kappa shape index (κ3) is 23.8. The van der Waals surface area contributed by atoms with Crippen LogP contribution in [0.1, 0.15) is 263 Å². The van der Waals surface area contributed by atoms with Gasteiger partial charge in [-0.15, -0.1) is 0 Å². The van der Waals surface area contributed by atoms with Gasteiger partial charge in [0.1, 0.15) is 5.75 Å². The maximum Gasteiger partial charge on any atom is 0.336 e. The maximum absolute atomic E-state index is 13.4. The SMILES string of the molecule is CCCCCCCCCCCCCCCCCCc1cc(O)ccc1C(CCCC)(CCCCCCCCCCCCCCCCCC)P(=O)(O)O. The molecule has 0 saturated heterocycles. The Balaban J connectivity index is 2.45. The minimum absolute atomic E-state index is 0.202. The van der Waals surface area contributed by atoms with E-state index in [1.54, 1.807) is 12.1 Å². The van der Waals surface area contributed by atoms with Crippen LogP contribution in [-0.4, -0.2) is 14.9 Å². The standard InChI is InChI=1S/C47H89O4P/c1-4-7-10-12-14-16-18-20-22-24-26-28-30-32-34-36-38-44-43-45(48)39-40-46(44)47(41-9-6-3,52(49,50)51)42-37-35-33-31-29-27-25-23-21-19-17-15-13-11-8-5-2/h39-40,43,48H,4-38,41-42H2,1-3H3,(H2,49,50,51). The molecule has 52 heavy (non-hydrogen) atoms. The van der Waals surface area contributed by atoms with Crippen LogP contribution in [0.5, 0.6) is 5.75 Å². The Morgan fingerprint density at radius 3 is 1.10 bits per heavy atom. The van der Waals surface area contributed by atoms with Gasteiger partial charge in [0, 0.05) is 0 Å². The fourth-order valence-corrected chi connectivity index (χ4v) is 9.81. The summed E-state index contributed by atoms with van der Waals surface area (Å²) in [7, 11) is -4.45. The molecule has 5 heteroatoms. The third-order valence-corrected chi connectivity index (χ3v) is 13.6. The number of unbranched alkanes of at least 4 members (excludes halogenated alkanes) is 31. The lowest BCUT2D eigenvalue weighted by molar-refractivity contribution is 0.298. The fraction of sp³-hybridized carbons (Fsp3) is 0.872. The second-order valence-corrected chi connectivity index (χ2v) is 18.6. The van der Waals surface area contributed by atoms with E-state index in [1.807, 2.05) is 6.07 Å². The number of hydrogen-bond acceptors (Lipinski definition) is 2. The summed E-state index contributed by atoms with van der Waals surface area (Å²) in [4.78, 5) is 22.0. The van der Waals surface area contributed by atoms with Gasteiger partial charge in [-0.05, 0) is 48.9 Å². The Morgan fingerprint density at radius 2 is 0.750 bits per heavy atom. The molecule has 0 aliphatic heterocycles. The van der Waals surface area contributed by atoms with Gasteiger partial charge in [0.2, 0.25) is 0 Å². The van der Waals surface area contributed by atoms with Crippen LogP contribution in [0.3, 0.4) is 0 Å². The first-order valence-electron chi connectivity index (χ1n) is 23.2. The summed E-state index contributed by atoms with van der Waals surface area (Å²) in [6.07, 6.45) is 45.4. The van der Waals surface area contributed by atoms with Crippen LogP contribution in [-0.2, 0) is 16.1 Å². The largest absolute Gasteiger partial charge is 0.508 e. The Bertz CT molecular complexity index is 974. The van der Waals surface area contributed by atoms with Crippen molar-refractivity contribution < 1.29 is 19.5 Å². The Kier molecular flexibility index (Phi) is 31.7. The van der Waals surface area contributed by atoms with E-state index in [0.717, 1.165) is 62.5 Å². The van der Waals surface area contributed by atoms with Crippen LogP contribution in [0.2, 0.25) is 0 Å². The summed E-state index contributed by atoms with van der Waals surface area (Å²) in [6, 6.07) is 5.29. The molecule has 3 N–H and O–H groups in total. The predicted octanol–water partition coefficient (Wildman–Crippen LogP) is 16.4. The molecule has 0 saturated carbocycles. The fourth-order valence-electron chi connectivity index (χ4n) is 8.38. The second-order valence-electron chi connectivity index (χ2n) is 16.6. The molecule has 1 atom stereocenters. The lowest BCUT2D eigenvalue weighted by Crippen LogP contribution is -2.28. The first kappa shape index (κ1) is 49.2. The molecule has 1 aromatic carbocycles. The van der Waals surface area contributed by atoms with Crippen molar-refractivity contribution in [1.29, 1.82) is 0 Å². The van der Waals surface area contributed by atoms with Gasteiger partial charge < -0.3 is 14.9 Å². The lowest BCUT2D eigenvalue weighted by atomic mass is 9.83. The summed E-state index contributed by atoms with van der Waals surface area (Å²) in [5.41, 5.74) is 1.75. The van der Waals surface area contributed by atoms with E-state index in [-0.39, 0.29) is 5.75 Å². The summed E-state index contributed by atoms with van der Waals surface area (Å²) < 4.78 is 13.4. The van der Waals surface area contributed by atoms with Crippen LogP contribution < -0.4 is 0 Å². The molecular formula is C47H89O4P. The van der Waals surface area contributed by atoms with Crippen molar-refractivity contribution in [2.75, 3.05) is 0 Å². The van der Waals surface area contributed by atoms with Crippen LogP contribution >= 0.6 is 7.60 Å². The molecule has 306 valence electrons. The predicted molar refractivity (Wildman–Crippen MR) is 229 cm³/mol. The lowest BCUT2D eigenvalue weighted by Gasteiger charge is -2.37. The van der Waals surface area contributed by atoms with Crippen LogP contribution in [0.15, 0.2) is 18.2 Å². The minimum atomic E-state index is -4.45. The van der Waals surface area contributed by atoms with Crippen LogP contribution in [0.4, 0.5) is 0 Å². The van der Waals surface area contributed by atoms with Gasteiger partial charge >= 0.3 is 7.60 Å². The molecule has 0 fully saturated rings. The molecule has 1 unspecified atom stereocenters.